The van der Waals surface area contributed by atoms with Gasteiger partial charge in [-0.15, -0.1) is 0 Å². The molecule has 7 N–H and O–H groups in total. The molecule has 0 unspecified atom stereocenters. The lowest BCUT2D eigenvalue weighted by molar-refractivity contribution is -0.138. The molecule has 10 nitrogen and oxygen atoms in total. The van der Waals surface area contributed by atoms with Gasteiger partial charge in [0.2, 0.25) is 11.8 Å². The van der Waals surface area contributed by atoms with Crippen molar-refractivity contribution in [3.8, 4) is 0 Å². The van der Waals surface area contributed by atoms with Gasteiger partial charge >= 0.3 is 0 Å². The van der Waals surface area contributed by atoms with Crippen LogP contribution in [0.15, 0.2) is 0 Å². The van der Waals surface area contributed by atoms with Crippen LogP contribution in [0.3, 0.4) is 0 Å². The van der Waals surface area contributed by atoms with Gasteiger partial charge in [0.1, 0.15) is 18.3 Å². The van der Waals surface area contributed by atoms with Crippen LogP contribution in [0, 0.1) is 0 Å². The molecule has 0 aliphatic carbocycles. The number of rotatable bonds is 5. The van der Waals surface area contributed by atoms with Gasteiger partial charge in [0.15, 0.2) is 0 Å². The average Bonchev–Trinajstić information content (AvgIpc) is 2.69. The number of nitrogens with two attached hydrogens (primary N) is 2. The zero-order chi connectivity index (χ0) is 21.8. The Morgan fingerprint density at radius 1 is 1.07 bits per heavy atom. The van der Waals surface area contributed by atoms with Crippen LogP contribution in [0.4, 0.5) is 0 Å². The first-order chi connectivity index (χ1) is 13.8. The predicted octanol–water partition coefficient (Wildman–Crippen LogP) is -1.99. The van der Waals surface area contributed by atoms with Gasteiger partial charge in [-0.3, -0.25) is 9.59 Å². The van der Waals surface area contributed by atoms with Crippen molar-refractivity contribution in [3.63, 3.8) is 0 Å². The van der Waals surface area contributed by atoms with Crippen molar-refractivity contribution in [1.29, 1.82) is 0 Å². The fourth-order valence-corrected chi connectivity index (χ4v) is 3.22. The molecular formula is C19H38N4O6. The molecule has 0 radical (unpaired) electrons. The molecule has 1 saturated heterocycles. The molecule has 4 atom stereocenters. The molecule has 1 heterocycles. The number of hydrogen-bond donors (Lipinski definition) is 5. The van der Waals surface area contributed by atoms with Gasteiger partial charge in [0.05, 0.1) is 12.6 Å². The maximum Gasteiger partial charge on any atom is 0.239 e. The van der Waals surface area contributed by atoms with Crippen molar-refractivity contribution in [3.05, 3.63) is 0 Å². The summed E-state index contributed by atoms with van der Waals surface area (Å²) in [5, 5.41) is 30.2. The Labute approximate surface area is 172 Å². The van der Waals surface area contributed by atoms with Crippen LogP contribution in [0.2, 0.25) is 0 Å². The highest BCUT2D eigenvalue weighted by Crippen LogP contribution is 2.09. The van der Waals surface area contributed by atoms with Gasteiger partial charge in [-0.05, 0) is 32.2 Å². The minimum absolute atomic E-state index is 0.118. The number of aliphatic hydroxyl groups is 3. The third kappa shape index (κ3) is 9.37. The van der Waals surface area contributed by atoms with E-state index < -0.39 is 24.4 Å². The number of amides is 2. The number of unbranched alkanes of at least 4 members (excludes halogenated alkanes) is 1. The SMILES string of the molecule is CC(=O)N1CCN(C(=O)[C@@H](N)CCCCN)CCCCOC[C@@H](O)[C@H](O)[C@@H](O)C1. The highest BCUT2D eigenvalue weighted by molar-refractivity contribution is 5.81. The molecule has 0 aromatic rings. The molecule has 1 aliphatic rings. The molecule has 29 heavy (non-hydrogen) atoms. The van der Waals surface area contributed by atoms with E-state index in [0.29, 0.717) is 39.0 Å². The molecule has 2 amide bonds. The number of hydrogen-bond acceptors (Lipinski definition) is 8. The Bertz CT molecular complexity index is 495. The Morgan fingerprint density at radius 3 is 2.41 bits per heavy atom. The number of β-amino-alcohol motifs (C(OH)–C–C–N with tert-alkyl or cyclic N) is 1. The van der Waals surface area contributed by atoms with Crippen LogP contribution in [-0.2, 0) is 14.3 Å². The lowest BCUT2D eigenvalue weighted by Crippen LogP contribution is -2.51. The summed E-state index contributed by atoms with van der Waals surface area (Å²) in [6.45, 7) is 2.96. The maximum absolute atomic E-state index is 12.8. The van der Waals surface area contributed by atoms with E-state index in [1.54, 1.807) is 4.90 Å². The molecule has 1 fully saturated rings. The summed E-state index contributed by atoms with van der Waals surface area (Å²) in [6, 6.07) is -0.620. The van der Waals surface area contributed by atoms with E-state index in [-0.39, 0.29) is 38.1 Å². The second-order valence-corrected chi connectivity index (χ2v) is 7.59. The van der Waals surface area contributed by atoms with E-state index in [2.05, 4.69) is 0 Å². The van der Waals surface area contributed by atoms with E-state index in [0.717, 1.165) is 12.8 Å². The first kappa shape index (κ1) is 25.7. The van der Waals surface area contributed by atoms with Gasteiger partial charge in [-0.1, -0.05) is 6.42 Å². The van der Waals surface area contributed by atoms with Gasteiger partial charge in [0, 0.05) is 39.7 Å². The van der Waals surface area contributed by atoms with E-state index >= 15 is 0 Å². The van der Waals surface area contributed by atoms with Crippen LogP contribution < -0.4 is 11.5 Å². The van der Waals surface area contributed by atoms with E-state index in [4.69, 9.17) is 16.2 Å². The monoisotopic (exact) mass is 418 g/mol. The Balaban J connectivity index is 2.82. The second-order valence-electron chi connectivity index (χ2n) is 7.59. The summed E-state index contributed by atoms with van der Waals surface area (Å²) in [5.41, 5.74) is 11.6. The first-order valence-electron chi connectivity index (χ1n) is 10.4. The lowest BCUT2D eigenvalue weighted by atomic mass is 10.1. The fraction of sp³-hybridized carbons (Fsp3) is 0.895. The zero-order valence-electron chi connectivity index (χ0n) is 17.4. The van der Waals surface area contributed by atoms with Crippen molar-refractivity contribution in [1.82, 2.24) is 9.80 Å². The van der Waals surface area contributed by atoms with Crippen LogP contribution in [0.25, 0.3) is 0 Å². The smallest absolute Gasteiger partial charge is 0.239 e. The van der Waals surface area contributed by atoms with Crippen molar-refractivity contribution >= 4 is 11.8 Å². The summed E-state index contributed by atoms with van der Waals surface area (Å²) in [7, 11) is 0. The molecule has 0 saturated carbocycles. The predicted molar refractivity (Wildman–Crippen MR) is 108 cm³/mol. The van der Waals surface area contributed by atoms with Crippen molar-refractivity contribution < 1.29 is 29.6 Å². The van der Waals surface area contributed by atoms with Crippen LogP contribution in [0.1, 0.15) is 39.0 Å². The molecule has 0 bridgehead atoms. The third-order valence-corrected chi connectivity index (χ3v) is 5.13. The van der Waals surface area contributed by atoms with Gasteiger partial charge in [-0.2, -0.15) is 0 Å². The summed E-state index contributed by atoms with van der Waals surface area (Å²) in [4.78, 5) is 27.7. The normalized spacial score (nSPS) is 26.6. The topological polar surface area (TPSA) is 163 Å². The van der Waals surface area contributed by atoms with Crippen molar-refractivity contribution in [2.24, 2.45) is 11.5 Å². The average molecular weight is 419 g/mol. The molecule has 0 aromatic carbocycles. The first-order valence-corrected chi connectivity index (χ1v) is 10.4. The number of carbonyl (C=O) groups excluding carboxylic acids is 2. The summed E-state index contributed by atoms with van der Waals surface area (Å²) in [6.07, 6.45) is -0.534. The van der Waals surface area contributed by atoms with Gasteiger partial charge in [0.25, 0.3) is 0 Å². The molecular weight excluding hydrogens is 380 g/mol. The maximum atomic E-state index is 12.8. The molecule has 10 heteroatoms. The largest absolute Gasteiger partial charge is 0.388 e. The minimum atomic E-state index is -1.44. The molecule has 0 spiro atoms. The zero-order valence-corrected chi connectivity index (χ0v) is 17.4. The summed E-state index contributed by atoms with van der Waals surface area (Å²) < 4.78 is 5.35. The Morgan fingerprint density at radius 2 is 1.76 bits per heavy atom. The number of aliphatic hydroxyl groups excluding tert-OH is 3. The van der Waals surface area contributed by atoms with Crippen LogP contribution in [-0.4, -0.2) is 107 Å². The molecule has 1 aliphatic heterocycles. The number of ether oxygens (including phenoxy) is 1. The second kappa shape index (κ2) is 13.8. The quantitative estimate of drug-likeness (QED) is 0.321. The summed E-state index contributed by atoms with van der Waals surface area (Å²) in [5.74, 6) is -0.469. The molecule has 170 valence electrons. The van der Waals surface area contributed by atoms with Crippen LogP contribution in [0.5, 0.6) is 0 Å². The fourth-order valence-electron chi connectivity index (χ4n) is 3.22. The Hall–Kier alpha value is -1.30. The van der Waals surface area contributed by atoms with Gasteiger partial charge < -0.3 is 41.3 Å². The summed E-state index contributed by atoms with van der Waals surface area (Å²) >= 11 is 0. The Kier molecular flexibility index (Phi) is 12.3. The van der Waals surface area contributed by atoms with E-state index in [9.17, 15) is 24.9 Å². The molecule has 1 rings (SSSR count). The van der Waals surface area contributed by atoms with Gasteiger partial charge in [-0.25, -0.2) is 0 Å². The van der Waals surface area contributed by atoms with E-state index in [1.807, 2.05) is 0 Å². The number of nitrogens with zero attached hydrogens (tertiary/aromatic N) is 2. The highest BCUT2D eigenvalue weighted by Gasteiger charge is 2.28. The van der Waals surface area contributed by atoms with Crippen molar-refractivity contribution in [2.45, 2.75) is 63.4 Å². The third-order valence-electron chi connectivity index (χ3n) is 5.13. The van der Waals surface area contributed by atoms with Crippen molar-refractivity contribution in [2.75, 3.05) is 45.9 Å². The molecule has 0 aromatic heterocycles. The lowest BCUT2D eigenvalue weighted by Gasteiger charge is -2.32. The standard InChI is InChI=1S/C19H38N4O6/c1-14(24)23-10-9-22(19(28)15(21)6-2-3-7-20)8-4-5-11-29-13-17(26)18(27)16(25)12-23/h15-18,25-27H,2-13,20-21H2,1H3/t15-,16-,17+,18+/m0/s1. The number of carbonyl (C=O) groups is 2. The van der Waals surface area contributed by atoms with Crippen LogP contribution >= 0.6 is 0 Å². The highest BCUT2D eigenvalue weighted by atomic mass is 16.5. The minimum Gasteiger partial charge on any atom is -0.388 e. The van der Waals surface area contributed by atoms with E-state index in [1.165, 1.54) is 11.8 Å².